The van der Waals surface area contributed by atoms with E-state index in [9.17, 15) is 9.18 Å². The van der Waals surface area contributed by atoms with E-state index in [1.54, 1.807) is 31.2 Å². The highest BCUT2D eigenvalue weighted by Gasteiger charge is 2.07. The summed E-state index contributed by atoms with van der Waals surface area (Å²) in [6.07, 6.45) is 0. The predicted octanol–water partition coefficient (Wildman–Crippen LogP) is 3.37. The fraction of sp³-hybridized carbons (Fsp3) is 0.125. The Morgan fingerprint density at radius 3 is 2.45 bits per heavy atom. The van der Waals surface area contributed by atoms with Gasteiger partial charge in [0.15, 0.2) is 0 Å². The first-order valence-corrected chi connectivity index (χ1v) is 6.49. The number of aromatic carboxylic acids is 1. The van der Waals surface area contributed by atoms with Crippen molar-refractivity contribution in [3.63, 3.8) is 0 Å². The first-order chi connectivity index (χ1) is 10.5. The molecule has 0 aromatic heterocycles. The molecule has 114 valence electrons. The SMILES string of the molecule is COc1ccc(/C(C)=N\Nc2ccc(C(=O)O)cc2)c(F)c1. The molecule has 6 heteroatoms. The molecule has 0 aliphatic carbocycles. The zero-order valence-corrected chi connectivity index (χ0v) is 12.1. The van der Waals surface area contributed by atoms with E-state index in [1.807, 2.05) is 0 Å². The van der Waals surface area contributed by atoms with Crippen LogP contribution in [0.3, 0.4) is 0 Å². The van der Waals surface area contributed by atoms with E-state index in [0.717, 1.165) is 0 Å². The smallest absolute Gasteiger partial charge is 0.335 e. The second-order valence-corrected chi connectivity index (χ2v) is 4.54. The van der Waals surface area contributed by atoms with Gasteiger partial charge in [-0.2, -0.15) is 5.10 Å². The molecule has 0 spiro atoms. The van der Waals surface area contributed by atoms with Crippen molar-refractivity contribution in [2.75, 3.05) is 12.5 Å². The van der Waals surface area contributed by atoms with Gasteiger partial charge in [0.25, 0.3) is 0 Å². The van der Waals surface area contributed by atoms with Crippen LogP contribution in [0.1, 0.15) is 22.8 Å². The van der Waals surface area contributed by atoms with Crippen molar-refractivity contribution in [1.29, 1.82) is 0 Å². The van der Waals surface area contributed by atoms with Gasteiger partial charge in [0, 0.05) is 11.6 Å². The summed E-state index contributed by atoms with van der Waals surface area (Å²) in [5.74, 6) is -0.985. The summed E-state index contributed by atoms with van der Waals surface area (Å²) in [6.45, 7) is 1.67. The molecule has 2 rings (SSSR count). The standard InChI is InChI=1S/C16H15FN2O3/c1-10(14-8-7-13(22-2)9-15(14)17)18-19-12-5-3-11(4-6-12)16(20)21/h3-9,19H,1-2H3,(H,20,21)/b18-10-. The van der Waals surface area contributed by atoms with E-state index in [4.69, 9.17) is 9.84 Å². The summed E-state index contributed by atoms with van der Waals surface area (Å²) in [4.78, 5) is 10.8. The number of hydrogen-bond acceptors (Lipinski definition) is 4. The third kappa shape index (κ3) is 3.60. The van der Waals surface area contributed by atoms with E-state index in [1.165, 1.54) is 25.3 Å². The van der Waals surface area contributed by atoms with Gasteiger partial charge in [-0.05, 0) is 43.3 Å². The Kier molecular flexibility index (Phi) is 4.73. The number of nitrogens with one attached hydrogen (secondary N) is 1. The van der Waals surface area contributed by atoms with Gasteiger partial charge in [0.2, 0.25) is 0 Å². The molecule has 2 N–H and O–H groups in total. The van der Waals surface area contributed by atoms with E-state index >= 15 is 0 Å². The molecule has 0 heterocycles. The van der Waals surface area contributed by atoms with E-state index in [2.05, 4.69) is 10.5 Å². The maximum atomic E-state index is 13.9. The topological polar surface area (TPSA) is 70.9 Å². The van der Waals surface area contributed by atoms with E-state index in [-0.39, 0.29) is 5.56 Å². The number of halogens is 1. The number of hydrazone groups is 1. The lowest BCUT2D eigenvalue weighted by Crippen LogP contribution is -2.03. The van der Waals surface area contributed by atoms with Gasteiger partial charge in [0.1, 0.15) is 11.6 Å². The Bertz CT molecular complexity index is 712. The summed E-state index contributed by atoms with van der Waals surface area (Å²) < 4.78 is 18.8. The highest BCUT2D eigenvalue weighted by atomic mass is 19.1. The molecule has 0 amide bonds. The number of carbonyl (C=O) groups is 1. The number of anilines is 1. The van der Waals surface area contributed by atoms with E-state index < -0.39 is 11.8 Å². The molecule has 2 aromatic carbocycles. The average molecular weight is 302 g/mol. The summed E-state index contributed by atoms with van der Waals surface area (Å²) in [7, 11) is 1.47. The number of methoxy groups -OCH3 is 1. The number of carboxylic acid groups (broad SMARTS) is 1. The molecular formula is C16H15FN2O3. The first-order valence-electron chi connectivity index (χ1n) is 6.49. The molecule has 2 aromatic rings. The van der Waals surface area contributed by atoms with Crippen LogP contribution in [0.2, 0.25) is 0 Å². The van der Waals surface area contributed by atoms with E-state index in [0.29, 0.717) is 22.7 Å². The van der Waals surface area contributed by atoms with Crippen LogP contribution >= 0.6 is 0 Å². The van der Waals surface area contributed by atoms with Gasteiger partial charge in [0.05, 0.1) is 24.1 Å². The van der Waals surface area contributed by atoms with Crippen LogP contribution in [0.25, 0.3) is 0 Å². The molecule has 0 saturated carbocycles. The summed E-state index contributed by atoms with van der Waals surface area (Å²) in [6, 6.07) is 10.6. The Balaban J connectivity index is 2.14. The number of hydrogen-bond donors (Lipinski definition) is 2. The number of ether oxygens (including phenoxy) is 1. The molecule has 0 fully saturated rings. The minimum Gasteiger partial charge on any atom is -0.497 e. The predicted molar refractivity (Wildman–Crippen MR) is 82.2 cm³/mol. The molecule has 0 radical (unpaired) electrons. The lowest BCUT2D eigenvalue weighted by Gasteiger charge is -2.06. The van der Waals surface area contributed by atoms with Gasteiger partial charge >= 0.3 is 5.97 Å². The summed E-state index contributed by atoms with van der Waals surface area (Å²) in [5, 5.41) is 12.9. The van der Waals surface area contributed by atoms with Crippen LogP contribution in [0.5, 0.6) is 5.75 Å². The monoisotopic (exact) mass is 302 g/mol. The molecule has 0 saturated heterocycles. The van der Waals surface area contributed by atoms with Crippen LogP contribution in [0, 0.1) is 5.82 Å². The van der Waals surface area contributed by atoms with Crippen molar-refractivity contribution >= 4 is 17.4 Å². The van der Waals surface area contributed by atoms with Crippen molar-refractivity contribution in [1.82, 2.24) is 0 Å². The maximum Gasteiger partial charge on any atom is 0.335 e. The van der Waals surface area contributed by atoms with Crippen molar-refractivity contribution in [2.24, 2.45) is 5.10 Å². The van der Waals surface area contributed by atoms with Crippen LogP contribution < -0.4 is 10.2 Å². The number of carboxylic acids is 1. The third-order valence-corrected chi connectivity index (χ3v) is 3.05. The van der Waals surface area contributed by atoms with Gasteiger partial charge in [-0.25, -0.2) is 9.18 Å². The van der Waals surface area contributed by atoms with Gasteiger partial charge in [-0.15, -0.1) is 0 Å². The highest BCUT2D eigenvalue weighted by Crippen LogP contribution is 2.17. The molecule has 5 nitrogen and oxygen atoms in total. The van der Waals surface area contributed by atoms with Gasteiger partial charge < -0.3 is 9.84 Å². The molecule has 0 aliphatic rings. The van der Waals surface area contributed by atoms with Crippen LogP contribution in [-0.2, 0) is 0 Å². The lowest BCUT2D eigenvalue weighted by molar-refractivity contribution is 0.0697. The Labute approximate surface area is 127 Å². The summed E-state index contributed by atoms with van der Waals surface area (Å²) in [5.41, 5.74) is 4.38. The fourth-order valence-electron chi connectivity index (χ4n) is 1.81. The van der Waals surface area contributed by atoms with Gasteiger partial charge in [-0.3, -0.25) is 5.43 Å². The normalized spacial score (nSPS) is 11.1. The van der Waals surface area contributed by atoms with Crippen LogP contribution in [0.4, 0.5) is 10.1 Å². The second kappa shape index (κ2) is 6.71. The van der Waals surface area contributed by atoms with Crippen molar-refractivity contribution < 1.29 is 19.0 Å². The Morgan fingerprint density at radius 2 is 1.91 bits per heavy atom. The molecule has 0 bridgehead atoms. The zero-order valence-electron chi connectivity index (χ0n) is 12.1. The van der Waals surface area contributed by atoms with Crippen molar-refractivity contribution in [3.05, 3.63) is 59.4 Å². The average Bonchev–Trinajstić information content (AvgIpc) is 2.52. The summed E-state index contributed by atoms with van der Waals surface area (Å²) >= 11 is 0. The molecule has 0 unspecified atom stereocenters. The second-order valence-electron chi connectivity index (χ2n) is 4.54. The Hall–Kier alpha value is -2.89. The van der Waals surface area contributed by atoms with Crippen LogP contribution in [0.15, 0.2) is 47.6 Å². The largest absolute Gasteiger partial charge is 0.497 e. The van der Waals surface area contributed by atoms with Gasteiger partial charge in [-0.1, -0.05) is 0 Å². The first kappa shape index (κ1) is 15.5. The van der Waals surface area contributed by atoms with Crippen LogP contribution in [-0.4, -0.2) is 23.9 Å². The lowest BCUT2D eigenvalue weighted by atomic mass is 10.1. The molecule has 0 aliphatic heterocycles. The highest BCUT2D eigenvalue weighted by molar-refractivity contribution is 5.99. The van der Waals surface area contributed by atoms with Crippen molar-refractivity contribution in [3.8, 4) is 5.75 Å². The fourth-order valence-corrected chi connectivity index (χ4v) is 1.81. The molecule has 22 heavy (non-hydrogen) atoms. The molecule has 0 atom stereocenters. The van der Waals surface area contributed by atoms with Crippen molar-refractivity contribution in [2.45, 2.75) is 6.92 Å². The number of nitrogens with zero attached hydrogens (tertiary/aromatic N) is 1. The zero-order chi connectivity index (χ0) is 16.1. The Morgan fingerprint density at radius 1 is 1.23 bits per heavy atom. The minimum absolute atomic E-state index is 0.187. The number of benzene rings is 2. The quantitative estimate of drug-likeness (QED) is 0.656. The maximum absolute atomic E-state index is 13.9. The number of rotatable bonds is 5. The molecular weight excluding hydrogens is 287 g/mol. The minimum atomic E-state index is -0.994. The third-order valence-electron chi connectivity index (χ3n) is 3.05.